The first-order valence-corrected chi connectivity index (χ1v) is 8.02. The van der Waals surface area contributed by atoms with Gasteiger partial charge in [0.1, 0.15) is 0 Å². The zero-order valence-corrected chi connectivity index (χ0v) is 13.7. The van der Waals surface area contributed by atoms with E-state index in [2.05, 4.69) is 22.3 Å². The zero-order chi connectivity index (χ0) is 16.8. The lowest BCUT2D eigenvalue weighted by Crippen LogP contribution is -2.51. The summed E-state index contributed by atoms with van der Waals surface area (Å²) < 4.78 is 0. The fourth-order valence-corrected chi connectivity index (χ4v) is 2.82. The van der Waals surface area contributed by atoms with E-state index < -0.39 is 11.9 Å². The number of benzene rings is 1. The molecular weight excluding hydrogens is 294 g/mol. The monoisotopic (exact) mass is 319 g/mol. The molecule has 1 aromatic carbocycles. The van der Waals surface area contributed by atoms with E-state index in [4.69, 9.17) is 5.11 Å². The van der Waals surface area contributed by atoms with Gasteiger partial charge in [-0.3, -0.25) is 4.79 Å². The number of hydrogen-bond donors (Lipinski definition) is 2. The van der Waals surface area contributed by atoms with Crippen molar-refractivity contribution in [2.45, 2.75) is 25.8 Å². The predicted molar refractivity (Wildman–Crippen MR) is 89.6 cm³/mol. The minimum absolute atomic E-state index is 0.0824. The van der Waals surface area contributed by atoms with Gasteiger partial charge >= 0.3 is 12.0 Å². The number of para-hydroxylation sites is 1. The standard InChI is InChI=1S/C17H25N3O3/c1-13(16(21)22)11-19(2)17(23)18-14-7-6-10-20(12-14)15-8-4-3-5-9-15/h3-5,8-9,13-14H,6-7,10-12H2,1-2H3,(H,18,23)(H,21,22). The molecule has 1 aromatic rings. The van der Waals surface area contributed by atoms with Crippen molar-refractivity contribution in [1.29, 1.82) is 0 Å². The highest BCUT2D eigenvalue weighted by Gasteiger charge is 2.24. The third-order valence-corrected chi connectivity index (χ3v) is 4.19. The molecule has 0 bridgehead atoms. The van der Waals surface area contributed by atoms with E-state index in [-0.39, 0.29) is 18.6 Å². The van der Waals surface area contributed by atoms with Gasteiger partial charge in [-0.25, -0.2) is 4.79 Å². The van der Waals surface area contributed by atoms with Crippen molar-refractivity contribution in [2.75, 3.05) is 31.6 Å². The zero-order valence-electron chi connectivity index (χ0n) is 13.7. The Hall–Kier alpha value is -2.24. The molecule has 0 radical (unpaired) electrons. The van der Waals surface area contributed by atoms with E-state index in [1.807, 2.05) is 18.2 Å². The van der Waals surface area contributed by atoms with Crippen LogP contribution in [0.25, 0.3) is 0 Å². The van der Waals surface area contributed by atoms with Crippen LogP contribution in [0.15, 0.2) is 30.3 Å². The van der Waals surface area contributed by atoms with Gasteiger partial charge in [-0.05, 0) is 25.0 Å². The summed E-state index contributed by atoms with van der Waals surface area (Å²) >= 11 is 0. The van der Waals surface area contributed by atoms with Gasteiger partial charge in [-0.1, -0.05) is 25.1 Å². The SMILES string of the molecule is CC(CN(C)C(=O)NC1CCCN(c2ccccc2)C1)C(=O)O. The molecule has 0 spiro atoms. The van der Waals surface area contributed by atoms with Crippen LogP contribution in [0, 0.1) is 5.92 Å². The van der Waals surface area contributed by atoms with Gasteiger partial charge in [0, 0.05) is 38.4 Å². The number of nitrogens with one attached hydrogen (secondary N) is 1. The van der Waals surface area contributed by atoms with Crippen molar-refractivity contribution in [1.82, 2.24) is 10.2 Å². The van der Waals surface area contributed by atoms with E-state index >= 15 is 0 Å². The second-order valence-electron chi connectivity index (χ2n) is 6.19. The van der Waals surface area contributed by atoms with Gasteiger partial charge in [0.15, 0.2) is 0 Å². The first-order valence-electron chi connectivity index (χ1n) is 8.02. The van der Waals surface area contributed by atoms with Crippen molar-refractivity contribution < 1.29 is 14.7 Å². The lowest BCUT2D eigenvalue weighted by Gasteiger charge is -2.35. The summed E-state index contributed by atoms with van der Waals surface area (Å²) in [7, 11) is 1.63. The molecule has 0 aromatic heterocycles. The molecule has 2 unspecified atom stereocenters. The lowest BCUT2D eigenvalue weighted by molar-refractivity contribution is -0.141. The lowest BCUT2D eigenvalue weighted by atomic mass is 10.0. The second kappa shape index (κ2) is 7.85. The van der Waals surface area contributed by atoms with Crippen molar-refractivity contribution >= 4 is 17.7 Å². The Morgan fingerprint density at radius 2 is 2.09 bits per heavy atom. The Morgan fingerprint density at radius 1 is 1.39 bits per heavy atom. The first kappa shape index (κ1) is 17.1. The maximum Gasteiger partial charge on any atom is 0.317 e. The molecule has 2 rings (SSSR count). The van der Waals surface area contributed by atoms with Gasteiger partial charge in [-0.2, -0.15) is 0 Å². The van der Waals surface area contributed by atoms with E-state index in [1.165, 1.54) is 10.6 Å². The molecule has 1 aliphatic heterocycles. The molecule has 0 saturated carbocycles. The largest absolute Gasteiger partial charge is 0.481 e. The first-order chi connectivity index (χ1) is 11.0. The summed E-state index contributed by atoms with van der Waals surface area (Å²) in [6.07, 6.45) is 1.96. The van der Waals surface area contributed by atoms with Gasteiger partial charge in [0.25, 0.3) is 0 Å². The Bertz CT molecular complexity index is 535. The van der Waals surface area contributed by atoms with Crippen molar-refractivity contribution in [2.24, 2.45) is 5.92 Å². The number of amides is 2. The Morgan fingerprint density at radius 3 is 2.74 bits per heavy atom. The number of rotatable bonds is 5. The van der Waals surface area contributed by atoms with Gasteiger partial charge in [-0.15, -0.1) is 0 Å². The Labute approximate surface area is 137 Å². The topological polar surface area (TPSA) is 72.9 Å². The van der Waals surface area contributed by atoms with Crippen molar-refractivity contribution in [3.63, 3.8) is 0 Å². The molecule has 1 aliphatic rings. The number of carbonyl (C=O) groups is 2. The molecule has 1 saturated heterocycles. The predicted octanol–water partition coefficient (Wildman–Crippen LogP) is 2.02. The summed E-state index contributed by atoms with van der Waals surface area (Å²) in [5, 5.41) is 11.9. The fraction of sp³-hybridized carbons (Fsp3) is 0.529. The quantitative estimate of drug-likeness (QED) is 0.871. The van der Waals surface area contributed by atoms with E-state index in [0.717, 1.165) is 25.9 Å². The molecule has 2 atom stereocenters. The highest BCUT2D eigenvalue weighted by molar-refractivity contribution is 5.76. The summed E-state index contributed by atoms with van der Waals surface area (Å²) in [6, 6.07) is 10.0. The smallest absolute Gasteiger partial charge is 0.317 e. The highest BCUT2D eigenvalue weighted by atomic mass is 16.4. The van der Waals surface area contributed by atoms with Crippen LogP contribution in [0.3, 0.4) is 0 Å². The molecule has 2 N–H and O–H groups in total. The molecule has 0 aliphatic carbocycles. The summed E-state index contributed by atoms with van der Waals surface area (Å²) in [5.41, 5.74) is 1.17. The maximum absolute atomic E-state index is 12.2. The normalized spacial score (nSPS) is 19.0. The van der Waals surface area contributed by atoms with Gasteiger partial charge in [0.05, 0.1) is 5.92 Å². The van der Waals surface area contributed by atoms with Crippen LogP contribution in [-0.4, -0.2) is 54.7 Å². The number of hydrogen-bond acceptors (Lipinski definition) is 3. The third-order valence-electron chi connectivity index (χ3n) is 4.19. The van der Waals surface area contributed by atoms with Crippen molar-refractivity contribution in [3.8, 4) is 0 Å². The average Bonchev–Trinajstić information content (AvgIpc) is 2.55. The van der Waals surface area contributed by atoms with Crippen LogP contribution in [0.2, 0.25) is 0 Å². The number of piperidine rings is 1. The van der Waals surface area contributed by atoms with Crippen LogP contribution in [0.4, 0.5) is 10.5 Å². The molecular formula is C17H25N3O3. The summed E-state index contributed by atoms with van der Waals surface area (Å²) in [4.78, 5) is 26.8. The number of carboxylic acids is 1. The van der Waals surface area contributed by atoms with Gasteiger partial charge < -0.3 is 20.2 Å². The molecule has 2 amide bonds. The number of urea groups is 1. The fourth-order valence-electron chi connectivity index (χ4n) is 2.82. The second-order valence-corrected chi connectivity index (χ2v) is 6.19. The molecule has 23 heavy (non-hydrogen) atoms. The van der Waals surface area contributed by atoms with Gasteiger partial charge in [0.2, 0.25) is 0 Å². The number of carboxylic acid groups (broad SMARTS) is 1. The molecule has 1 fully saturated rings. The summed E-state index contributed by atoms with van der Waals surface area (Å²) in [6.45, 7) is 3.57. The number of aliphatic carboxylic acids is 1. The summed E-state index contributed by atoms with van der Waals surface area (Å²) in [5.74, 6) is -1.46. The number of anilines is 1. The third kappa shape index (κ3) is 4.87. The van der Waals surface area contributed by atoms with Crippen LogP contribution < -0.4 is 10.2 Å². The molecule has 6 heteroatoms. The van der Waals surface area contributed by atoms with Crippen molar-refractivity contribution in [3.05, 3.63) is 30.3 Å². The van der Waals surface area contributed by atoms with Crippen LogP contribution >= 0.6 is 0 Å². The average molecular weight is 319 g/mol. The van der Waals surface area contributed by atoms with Crippen LogP contribution in [-0.2, 0) is 4.79 Å². The maximum atomic E-state index is 12.2. The van der Waals surface area contributed by atoms with E-state index in [9.17, 15) is 9.59 Å². The number of carbonyl (C=O) groups excluding carboxylic acids is 1. The minimum Gasteiger partial charge on any atom is -0.481 e. The minimum atomic E-state index is -0.891. The van der Waals surface area contributed by atoms with E-state index in [1.54, 1.807) is 14.0 Å². The molecule has 6 nitrogen and oxygen atoms in total. The van der Waals surface area contributed by atoms with Crippen LogP contribution in [0.1, 0.15) is 19.8 Å². The highest BCUT2D eigenvalue weighted by Crippen LogP contribution is 2.19. The molecule has 1 heterocycles. The number of nitrogens with zero attached hydrogens (tertiary/aromatic N) is 2. The Kier molecular flexibility index (Phi) is 5.84. The Balaban J connectivity index is 1.87. The van der Waals surface area contributed by atoms with E-state index in [0.29, 0.717) is 0 Å². The van der Waals surface area contributed by atoms with Crippen LogP contribution in [0.5, 0.6) is 0 Å². The molecule has 126 valence electrons.